The topological polar surface area (TPSA) is 197 Å². The summed E-state index contributed by atoms with van der Waals surface area (Å²) in [4.78, 5) is 34.0. The van der Waals surface area contributed by atoms with Crippen molar-refractivity contribution in [3.63, 3.8) is 0 Å². The maximum atomic E-state index is 13.7. The van der Waals surface area contributed by atoms with Crippen molar-refractivity contribution in [1.82, 2.24) is 24.8 Å². The Kier molecular flexibility index (Phi) is 12.4. The number of pyridine rings is 1. The van der Waals surface area contributed by atoms with Crippen LogP contribution in [0.3, 0.4) is 0 Å². The van der Waals surface area contributed by atoms with Crippen molar-refractivity contribution in [1.29, 1.82) is 5.41 Å². The summed E-state index contributed by atoms with van der Waals surface area (Å²) in [7, 11) is -4.31. The maximum Gasteiger partial charge on any atom is 0.243 e. The Morgan fingerprint density at radius 1 is 1.08 bits per heavy atom. The second-order valence-electron chi connectivity index (χ2n) is 12.7. The minimum absolute atomic E-state index is 0.103. The Balaban J connectivity index is 1.39. The standard InChI is InChI=1S/C33H44Cl2N8O5S/c1-20-18-21(2)40-29-22(20)8-7-10-26(29)48-19-23-24(34)11-12-27(28(23)35)49(46,47)41-33(3,4)31(45)43-16-14-42(15-17-43)30(44)25(36)9-5-6-13-39-32(37)38/h7-8,10-12,18,25,41H,5-6,9,13-17,19,36H2,1-4H3,(H4,37,38,39)/t25-/m0/s1. The smallest absolute Gasteiger partial charge is 0.243 e. The zero-order valence-electron chi connectivity index (χ0n) is 28.1. The lowest BCUT2D eigenvalue weighted by Crippen LogP contribution is -2.61. The molecule has 7 N–H and O–H groups in total. The molecule has 1 fully saturated rings. The fourth-order valence-corrected chi connectivity index (χ4v) is 8.03. The van der Waals surface area contributed by atoms with Gasteiger partial charge in [-0.15, -0.1) is 0 Å². The van der Waals surface area contributed by atoms with Gasteiger partial charge in [0.15, 0.2) is 5.96 Å². The van der Waals surface area contributed by atoms with Crippen molar-refractivity contribution in [2.45, 2.75) is 70.0 Å². The number of nitrogens with one attached hydrogen (secondary N) is 3. The summed E-state index contributed by atoms with van der Waals surface area (Å²) in [6.45, 7) is 8.22. The summed E-state index contributed by atoms with van der Waals surface area (Å²) in [6, 6.07) is 9.58. The highest BCUT2D eigenvalue weighted by Gasteiger charge is 2.39. The summed E-state index contributed by atoms with van der Waals surface area (Å²) in [6.07, 6.45) is 1.88. The number of halogens is 2. The summed E-state index contributed by atoms with van der Waals surface area (Å²) >= 11 is 13.1. The SMILES string of the molecule is Cc1cc(C)c2cccc(OCc3c(Cl)ccc(S(=O)(=O)NC(C)(C)C(=O)N4CCN(C(=O)[C@@H](N)CCCCNC(=N)N)CC4)c3Cl)c2n1. The molecule has 1 saturated heterocycles. The third-order valence-electron chi connectivity index (χ3n) is 8.33. The minimum Gasteiger partial charge on any atom is -0.487 e. The average molecular weight is 736 g/mol. The first-order valence-electron chi connectivity index (χ1n) is 15.9. The number of benzene rings is 2. The number of unbranched alkanes of at least 4 members (excludes halogenated alkanes) is 1. The maximum absolute atomic E-state index is 13.7. The van der Waals surface area contributed by atoms with E-state index >= 15 is 0 Å². The van der Waals surface area contributed by atoms with Crippen LogP contribution in [0.5, 0.6) is 5.75 Å². The van der Waals surface area contributed by atoms with Crippen LogP contribution in [0.25, 0.3) is 10.9 Å². The number of hydrogen-bond donors (Lipinski definition) is 5. The van der Waals surface area contributed by atoms with Crippen LogP contribution in [0.2, 0.25) is 10.0 Å². The van der Waals surface area contributed by atoms with Crippen LogP contribution < -0.4 is 26.2 Å². The summed E-state index contributed by atoms with van der Waals surface area (Å²) in [5.41, 5.74) is 12.7. The molecule has 1 atom stereocenters. The number of carbonyl (C=O) groups excluding carboxylic acids is 2. The van der Waals surface area contributed by atoms with Gasteiger partial charge in [-0.25, -0.2) is 13.4 Å². The zero-order chi connectivity index (χ0) is 36.1. The third-order valence-corrected chi connectivity index (χ3v) is 10.9. The van der Waals surface area contributed by atoms with Gasteiger partial charge in [0.2, 0.25) is 21.8 Å². The van der Waals surface area contributed by atoms with E-state index in [1.807, 2.05) is 32.0 Å². The van der Waals surface area contributed by atoms with Crippen molar-refractivity contribution < 1.29 is 22.7 Å². The number of guanidine groups is 1. The number of sulfonamides is 1. The van der Waals surface area contributed by atoms with Crippen LogP contribution in [-0.2, 0) is 26.2 Å². The van der Waals surface area contributed by atoms with Crippen LogP contribution >= 0.6 is 23.2 Å². The van der Waals surface area contributed by atoms with E-state index in [9.17, 15) is 18.0 Å². The third kappa shape index (κ3) is 9.31. The van der Waals surface area contributed by atoms with E-state index in [4.69, 9.17) is 44.8 Å². The molecule has 2 aromatic carbocycles. The predicted molar refractivity (Wildman–Crippen MR) is 191 cm³/mol. The Bertz CT molecular complexity index is 1830. The van der Waals surface area contributed by atoms with Gasteiger partial charge in [-0.2, -0.15) is 4.72 Å². The first kappa shape index (κ1) is 38.1. The summed E-state index contributed by atoms with van der Waals surface area (Å²) in [5, 5.41) is 10.9. The fourth-order valence-electron chi connectivity index (χ4n) is 5.77. The molecule has 2 amide bonds. The number of piperazine rings is 1. The molecule has 0 bridgehead atoms. The summed E-state index contributed by atoms with van der Waals surface area (Å²) < 4.78 is 35.9. The van der Waals surface area contributed by atoms with Gasteiger partial charge in [0, 0.05) is 54.4 Å². The molecule has 0 unspecified atom stereocenters. The molecule has 0 radical (unpaired) electrons. The highest BCUT2D eigenvalue weighted by molar-refractivity contribution is 7.89. The average Bonchev–Trinajstić information content (AvgIpc) is 3.03. The number of hydrogen-bond acceptors (Lipinski definition) is 8. The lowest BCUT2D eigenvalue weighted by atomic mass is 10.0. The van der Waals surface area contributed by atoms with Crippen LogP contribution in [0.1, 0.15) is 49.9 Å². The van der Waals surface area contributed by atoms with Crippen LogP contribution in [-0.4, -0.2) is 85.3 Å². The number of nitrogens with two attached hydrogens (primary N) is 2. The van der Waals surface area contributed by atoms with E-state index in [-0.39, 0.29) is 65.2 Å². The van der Waals surface area contributed by atoms with Crippen molar-refractivity contribution in [3.05, 3.63) is 63.3 Å². The quantitative estimate of drug-likeness (QED) is 0.0992. The van der Waals surface area contributed by atoms with Crippen LogP contribution in [0, 0.1) is 19.3 Å². The van der Waals surface area contributed by atoms with Gasteiger partial charge in [0.05, 0.1) is 11.1 Å². The fraction of sp³-hybridized carbons (Fsp3) is 0.455. The number of aromatic nitrogens is 1. The van der Waals surface area contributed by atoms with E-state index in [0.717, 1.165) is 16.6 Å². The Labute approximate surface area is 297 Å². The Hall–Kier alpha value is -3.69. The van der Waals surface area contributed by atoms with E-state index < -0.39 is 27.5 Å². The molecule has 49 heavy (non-hydrogen) atoms. The van der Waals surface area contributed by atoms with E-state index in [1.54, 1.807) is 11.0 Å². The Morgan fingerprint density at radius 2 is 1.76 bits per heavy atom. The van der Waals surface area contributed by atoms with Crippen molar-refractivity contribution in [2.24, 2.45) is 11.5 Å². The highest BCUT2D eigenvalue weighted by Crippen LogP contribution is 2.34. The predicted octanol–water partition coefficient (Wildman–Crippen LogP) is 3.45. The van der Waals surface area contributed by atoms with Crippen molar-refractivity contribution in [2.75, 3.05) is 32.7 Å². The molecule has 4 rings (SSSR count). The van der Waals surface area contributed by atoms with Gasteiger partial charge in [-0.05, 0) is 76.8 Å². The molecule has 13 nitrogen and oxygen atoms in total. The van der Waals surface area contributed by atoms with Crippen molar-refractivity contribution in [3.8, 4) is 5.75 Å². The molecule has 16 heteroatoms. The molecule has 0 spiro atoms. The van der Waals surface area contributed by atoms with Crippen LogP contribution in [0.4, 0.5) is 0 Å². The van der Waals surface area contributed by atoms with Gasteiger partial charge >= 0.3 is 0 Å². The monoisotopic (exact) mass is 734 g/mol. The van der Waals surface area contributed by atoms with Gasteiger partial charge in [0.1, 0.15) is 28.3 Å². The number of aryl methyl sites for hydroxylation is 2. The molecule has 3 aromatic rings. The molecule has 0 aliphatic carbocycles. The highest BCUT2D eigenvalue weighted by atomic mass is 35.5. The second kappa shape index (κ2) is 15.9. The molecular formula is C33H44Cl2N8O5S. The van der Waals surface area contributed by atoms with Crippen molar-refractivity contribution >= 4 is 61.9 Å². The largest absolute Gasteiger partial charge is 0.487 e. The van der Waals surface area contributed by atoms with Gasteiger partial charge in [-0.3, -0.25) is 15.0 Å². The number of rotatable bonds is 13. The van der Waals surface area contributed by atoms with Gasteiger partial charge in [0.25, 0.3) is 0 Å². The van der Waals surface area contributed by atoms with Gasteiger partial charge < -0.3 is 31.3 Å². The number of nitrogens with zero attached hydrogens (tertiary/aromatic N) is 3. The lowest BCUT2D eigenvalue weighted by Gasteiger charge is -2.39. The molecule has 2 heterocycles. The summed E-state index contributed by atoms with van der Waals surface area (Å²) in [5.74, 6) is -0.260. The number of carbonyl (C=O) groups is 2. The minimum atomic E-state index is -4.31. The number of fused-ring (bicyclic) bond motifs is 1. The molecule has 266 valence electrons. The molecule has 1 aromatic heterocycles. The molecule has 1 aliphatic rings. The normalized spacial score (nSPS) is 14.5. The first-order chi connectivity index (χ1) is 23.0. The zero-order valence-corrected chi connectivity index (χ0v) is 30.4. The first-order valence-corrected chi connectivity index (χ1v) is 18.2. The number of ether oxygens (including phenoxy) is 1. The lowest BCUT2D eigenvalue weighted by molar-refractivity contribution is -0.143. The molecule has 0 saturated carbocycles. The number of amides is 2. The van der Waals surface area contributed by atoms with E-state index in [1.165, 1.54) is 30.9 Å². The van der Waals surface area contributed by atoms with E-state index in [2.05, 4.69) is 15.0 Å². The van der Waals surface area contributed by atoms with E-state index in [0.29, 0.717) is 37.1 Å². The van der Waals surface area contributed by atoms with Crippen LogP contribution in [0.15, 0.2) is 41.3 Å². The Morgan fingerprint density at radius 3 is 2.43 bits per heavy atom. The molecule has 1 aliphatic heterocycles. The number of para-hydroxylation sites is 1. The van der Waals surface area contributed by atoms with Gasteiger partial charge in [-0.1, -0.05) is 35.3 Å². The molecular weight excluding hydrogens is 691 g/mol. The second-order valence-corrected chi connectivity index (χ2v) is 15.1.